The molecule has 0 saturated carbocycles. The minimum Gasteiger partial charge on any atom is -0.476 e. The molecule has 1 aromatic carbocycles. The zero-order valence-electron chi connectivity index (χ0n) is 19.4. The molecule has 4 aromatic rings. The van der Waals surface area contributed by atoms with Crippen molar-refractivity contribution < 1.29 is 18.7 Å². The van der Waals surface area contributed by atoms with Crippen molar-refractivity contribution in [3.63, 3.8) is 0 Å². The average Bonchev–Trinajstić information content (AvgIpc) is 3.21. The molecule has 1 fully saturated rings. The lowest BCUT2D eigenvalue weighted by Gasteiger charge is -2.33. The van der Waals surface area contributed by atoms with Crippen LogP contribution in [0.4, 0.5) is 20.4 Å². The van der Waals surface area contributed by atoms with Crippen LogP contribution in [0.2, 0.25) is 10.3 Å². The summed E-state index contributed by atoms with van der Waals surface area (Å²) in [5, 5.41) is 13.9. The summed E-state index contributed by atoms with van der Waals surface area (Å²) in [7, 11) is 0. The van der Waals surface area contributed by atoms with Gasteiger partial charge in [0.2, 0.25) is 5.95 Å². The van der Waals surface area contributed by atoms with E-state index >= 15 is 0 Å². The minimum atomic E-state index is -2.70. The number of hydrogen-bond donors (Lipinski definition) is 2. The Morgan fingerprint density at radius 3 is 2.56 bits per heavy atom. The lowest BCUT2D eigenvalue weighted by molar-refractivity contribution is -0.0222. The number of carboxylic acid groups (broad SMARTS) is 1. The number of nitrogens with one attached hydrogen (secondary N) is 1. The average molecular weight is 535 g/mol. The van der Waals surface area contributed by atoms with E-state index in [1.807, 2.05) is 30.9 Å². The Hall–Kier alpha value is -3.24. The Kier molecular flexibility index (Phi) is 6.12. The van der Waals surface area contributed by atoms with E-state index in [1.165, 1.54) is 6.07 Å². The maximum atomic E-state index is 13.8. The number of alkyl halides is 2. The molecule has 0 bridgehead atoms. The van der Waals surface area contributed by atoms with E-state index < -0.39 is 17.9 Å². The van der Waals surface area contributed by atoms with Gasteiger partial charge in [-0.2, -0.15) is 0 Å². The molecule has 188 valence electrons. The van der Waals surface area contributed by atoms with E-state index in [1.54, 1.807) is 16.7 Å². The third kappa shape index (κ3) is 4.51. The molecule has 1 saturated heterocycles. The molecule has 2 N–H and O–H groups in total. The first-order valence-electron chi connectivity index (χ1n) is 11.3. The standard InChI is InChI=1S/C24H22Cl2F2N6O2/c1-12-9-14(13(2)29-16-3-4-17(25)30-20(16)22(35)36)19-15(10-12)21-31-18(26)11-34(21)23(32-19)33-7-5-24(27,28)6-8-33/h3-4,9-11,13,29H,5-8H2,1-2H3,(H,35,36)/t13-/m1/s1. The SMILES string of the molecule is Cc1cc([C@@H](C)Nc2ccc(Cl)nc2C(=O)O)c2nc(N3CCC(F)(F)CC3)n3cc(Cl)nc3c2c1. The summed E-state index contributed by atoms with van der Waals surface area (Å²) < 4.78 is 29.4. The fourth-order valence-corrected chi connectivity index (χ4v) is 4.89. The molecule has 0 aliphatic carbocycles. The summed E-state index contributed by atoms with van der Waals surface area (Å²) in [5.41, 5.74) is 3.00. The smallest absolute Gasteiger partial charge is 0.356 e. The van der Waals surface area contributed by atoms with E-state index in [4.69, 9.17) is 28.2 Å². The van der Waals surface area contributed by atoms with Gasteiger partial charge in [0.05, 0.1) is 23.4 Å². The Morgan fingerprint density at radius 2 is 1.86 bits per heavy atom. The van der Waals surface area contributed by atoms with Gasteiger partial charge in [-0.3, -0.25) is 4.40 Å². The number of aromatic carboxylic acids is 1. The molecule has 0 spiro atoms. The van der Waals surface area contributed by atoms with Gasteiger partial charge in [0.1, 0.15) is 10.3 Å². The Labute approximate surface area is 214 Å². The van der Waals surface area contributed by atoms with Gasteiger partial charge < -0.3 is 15.3 Å². The second-order valence-corrected chi connectivity index (χ2v) is 9.74. The van der Waals surface area contributed by atoms with Crippen molar-refractivity contribution in [1.29, 1.82) is 0 Å². The highest BCUT2D eigenvalue weighted by Crippen LogP contribution is 2.35. The molecule has 0 unspecified atom stereocenters. The molecule has 36 heavy (non-hydrogen) atoms. The van der Waals surface area contributed by atoms with Gasteiger partial charge in [-0.15, -0.1) is 0 Å². The van der Waals surface area contributed by atoms with Crippen molar-refractivity contribution in [2.75, 3.05) is 23.3 Å². The van der Waals surface area contributed by atoms with Crippen LogP contribution in [0, 0.1) is 6.92 Å². The second kappa shape index (κ2) is 9.01. The van der Waals surface area contributed by atoms with Crippen LogP contribution in [-0.4, -0.2) is 49.4 Å². The zero-order valence-corrected chi connectivity index (χ0v) is 20.9. The molecule has 5 rings (SSSR count). The largest absolute Gasteiger partial charge is 0.476 e. The molecule has 4 heterocycles. The summed E-state index contributed by atoms with van der Waals surface area (Å²) in [6.07, 6.45) is 1.10. The maximum Gasteiger partial charge on any atom is 0.356 e. The number of benzene rings is 1. The molecular weight excluding hydrogens is 513 g/mol. The minimum absolute atomic E-state index is 0.0728. The van der Waals surface area contributed by atoms with Gasteiger partial charge >= 0.3 is 5.97 Å². The number of carboxylic acids is 1. The summed E-state index contributed by atoms with van der Waals surface area (Å²) in [4.78, 5) is 26.9. The van der Waals surface area contributed by atoms with Crippen molar-refractivity contribution >= 4 is 57.4 Å². The predicted octanol–water partition coefficient (Wildman–Crippen LogP) is 6.00. The number of piperidine rings is 1. The lowest BCUT2D eigenvalue weighted by Crippen LogP contribution is -2.40. The third-order valence-electron chi connectivity index (χ3n) is 6.31. The van der Waals surface area contributed by atoms with Crippen LogP contribution >= 0.6 is 23.2 Å². The molecule has 12 heteroatoms. The van der Waals surface area contributed by atoms with E-state index in [0.29, 0.717) is 22.8 Å². The molecule has 0 amide bonds. The quantitative estimate of drug-likeness (QED) is 0.303. The van der Waals surface area contributed by atoms with Gasteiger partial charge in [-0.1, -0.05) is 29.3 Å². The lowest BCUT2D eigenvalue weighted by atomic mass is 10.0. The van der Waals surface area contributed by atoms with Crippen molar-refractivity contribution in [3.05, 3.63) is 57.6 Å². The van der Waals surface area contributed by atoms with Gasteiger partial charge in [0.25, 0.3) is 5.92 Å². The fourth-order valence-electron chi connectivity index (χ4n) is 4.56. The number of anilines is 2. The van der Waals surface area contributed by atoms with Crippen LogP contribution in [0.25, 0.3) is 16.6 Å². The highest BCUT2D eigenvalue weighted by Gasteiger charge is 2.35. The maximum absolute atomic E-state index is 13.8. The Balaban J connectivity index is 1.64. The molecule has 3 aromatic heterocycles. The first-order valence-corrected chi connectivity index (χ1v) is 12.1. The molecule has 8 nitrogen and oxygen atoms in total. The number of fused-ring (bicyclic) bond motifs is 3. The first-order chi connectivity index (χ1) is 17.0. The fraction of sp³-hybridized carbons (Fsp3) is 0.333. The van der Waals surface area contributed by atoms with Crippen molar-refractivity contribution in [2.24, 2.45) is 0 Å². The molecule has 1 atom stereocenters. The summed E-state index contributed by atoms with van der Waals surface area (Å²) in [6, 6.07) is 6.57. The van der Waals surface area contributed by atoms with Gasteiger partial charge in [-0.05, 0) is 37.6 Å². The predicted molar refractivity (Wildman–Crippen MR) is 135 cm³/mol. The summed E-state index contributed by atoms with van der Waals surface area (Å²) >= 11 is 12.2. The molecule has 1 aliphatic rings. The van der Waals surface area contributed by atoms with Crippen LogP contribution in [-0.2, 0) is 0 Å². The van der Waals surface area contributed by atoms with Crippen LogP contribution in [0.5, 0.6) is 0 Å². The van der Waals surface area contributed by atoms with E-state index in [2.05, 4.69) is 15.3 Å². The van der Waals surface area contributed by atoms with Crippen molar-refractivity contribution in [3.8, 4) is 0 Å². The highest BCUT2D eigenvalue weighted by molar-refractivity contribution is 6.30. The highest BCUT2D eigenvalue weighted by atomic mass is 35.5. The second-order valence-electron chi connectivity index (χ2n) is 8.96. The Morgan fingerprint density at radius 1 is 1.14 bits per heavy atom. The van der Waals surface area contributed by atoms with Crippen molar-refractivity contribution in [1.82, 2.24) is 19.4 Å². The van der Waals surface area contributed by atoms with Crippen LogP contribution in [0.15, 0.2) is 30.5 Å². The summed E-state index contributed by atoms with van der Waals surface area (Å²) in [5.74, 6) is -3.43. The molecule has 0 radical (unpaired) electrons. The number of carbonyl (C=O) groups is 1. The third-order valence-corrected chi connectivity index (χ3v) is 6.70. The van der Waals surface area contributed by atoms with Gasteiger partial charge in [-0.25, -0.2) is 28.5 Å². The van der Waals surface area contributed by atoms with E-state index in [0.717, 1.165) is 16.5 Å². The van der Waals surface area contributed by atoms with E-state index in [9.17, 15) is 18.7 Å². The zero-order chi connectivity index (χ0) is 25.8. The van der Waals surface area contributed by atoms with Crippen LogP contribution in [0.3, 0.4) is 0 Å². The number of aromatic nitrogens is 4. The number of imidazole rings is 1. The Bertz CT molecular complexity index is 1500. The molecule has 1 aliphatic heterocycles. The van der Waals surface area contributed by atoms with Crippen LogP contribution in [0.1, 0.15) is 47.4 Å². The number of nitrogens with zero attached hydrogens (tertiary/aromatic N) is 5. The van der Waals surface area contributed by atoms with E-state index in [-0.39, 0.29) is 41.9 Å². The molecular formula is C24H22Cl2F2N6O2. The van der Waals surface area contributed by atoms with Gasteiger partial charge in [0, 0.05) is 36.9 Å². The number of rotatable bonds is 5. The summed E-state index contributed by atoms with van der Waals surface area (Å²) in [6.45, 7) is 4.09. The number of aryl methyl sites for hydroxylation is 1. The normalized spacial score (nSPS) is 16.4. The van der Waals surface area contributed by atoms with Gasteiger partial charge in [0.15, 0.2) is 11.3 Å². The number of halogens is 4. The first kappa shape index (κ1) is 24.5. The van der Waals surface area contributed by atoms with Crippen LogP contribution < -0.4 is 10.2 Å². The van der Waals surface area contributed by atoms with Crippen molar-refractivity contribution in [2.45, 2.75) is 38.7 Å². The number of hydrogen-bond acceptors (Lipinski definition) is 6. The monoisotopic (exact) mass is 534 g/mol. The number of pyridine rings is 1. The topological polar surface area (TPSA) is 95.6 Å².